The number of hydrogen-bond donors (Lipinski definition) is 1. The smallest absolute Gasteiger partial charge is 0.306 e. The van der Waals surface area contributed by atoms with Crippen LogP contribution in [0, 0.1) is 0 Å². The zero-order valence-electron chi connectivity index (χ0n) is 31.5. The molecule has 0 aliphatic rings. The van der Waals surface area contributed by atoms with Crippen LogP contribution in [0.2, 0.25) is 0 Å². The van der Waals surface area contributed by atoms with Gasteiger partial charge in [0.25, 0.3) is 0 Å². The Balaban J connectivity index is 3.44. The van der Waals surface area contributed by atoms with Crippen molar-refractivity contribution in [2.75, 3.05) is 19.8 Å². The molecule has 0 aromatic rings. The number of rotatable bonds is 38. The van der Waals surface area contributed by atoms with Gasteiger partial charge < -0.3 is 14.6 Å². The molecule has 0 fully saturated rings. The van der Waals surface area contributed by atoms with Crippen molar-refractivity contribution in [1.29, 1.82) is 0 Å². The number of ether oxygens (including phenoxy) is 2. The molecule has 0 aromatic heterocycles. The van der Waals surface area contributed by atoms with E-state index in [1.807, 2.05) is 0 Å². The summed E-state index contributed by atoms with van der Waals surface area (Å²) < 4.78 is 11.1. The minimum atomic E-state index is -0.539. The normalized spacial score (nSPS) is 12.7. The third-order valence-corrected chi connectivity index (χ3v) is 8.94. The molecule has 4 heteroatoms. The van der Waals surface area contributed by atoms with Crippen molar-refractivity contribution in [2.45, 2.75) is 213 Å². The van der Waals surface area contributed by atoms with Gasteiger partial charge in [0.2, 0.25) is 0 Å². The number of aliphatic hydroxyl groups excluding tert-OH is 1. The first kappa shape index (κ1) is 45.6. The van der Waals surface area contributed by atoms with E-state index in [1.165, 1.54) is 161 Å². The van der Waals surface area contributed by atoms with Crippen LogP contribution in [0.15, 0.2) is 36.5 Å². The van der Waals surface area contributed by atoms with Gasteiger partial charge >= 0.3 is 5.97 Å². The lowest BCUT2D eigenvalue weighted by Crippen LogP contribution is -2.27. The predicted molar refractivity (Wildman–Crippen MR) is 205 cm³/mol. The fourth-order valence-electron chi connectivity index (χ4n) is 5.82. The van der Waals surface area contributed by atoms with E-state index in [2.05, 4.69) is 50.3 Å². The summed E-state index contributed by atoms with van der Waals surface area (Å²) in [7, 11) is 0. The average Bonchev–Trinajstić information content (AvgIpc) is 3.08. The molecule has 0 saturated heterocycles. The Morgan fingerprint density at radius 2 is 0.894 bits per heavy atom. The highest BCUT2D eigenvalue weighted by molar-refractivity contribution is 5.69. The van der Waals surface area contributed by atoms with Gasteiger partial charge in [0, 0.05) is 13.0 Å². The maximum absolute atomic E-state index is 12.2. The Labute approximate surface area is 293 Å². The molecular formula is C43H80O4. The standard InChI is InChI=1S/C43H80O4/c1-3-5-7-9-11-13-15-17-19-21-22-23-24-26-28-30-32-34-36-38-43(45)47-42(40-44)41-46-39-37-35-33-31-29-27-25-20-18-16-14-12-10-8-6-4-2/h12,14,17-20,42,44H,3-11,13,15-16,21-41H2,1-2H3/b14-12-,19-17-,20-18-. The second kappa shape index (κ2) is 40.8. The predicted octanol–water partition coefficient (Wildman–Crippen LogP) is 13.3. The lowest BCUT2D eigenvalue weighted by Gasteiger charge is -2.15. The first-order valence-electron chi connectivity index (χ1n) is 20.6. The highest BCUT2D eigenvalue weighted by Gasteiger charge is 2.13. The maximum atomic E-state index is 12.2. The monoisotopic (exact) mass is 661 g/mol. The molecule has 0 bridgehead atoms. The first-order chi connectivity index (χ1) is 23.2. The van der Waals surface area contributed by atoms with Crippen LogP contribution in [-0.4, -0.2) is 37.0 Å². The van der Waals surface area contributed by atoms with Gasteiger partial charge in [-0.1, -0.05) is 166 Å². The largest absolute Gasteiger partial charge is 0.457 e. The third kappa shape index (κ3) is 38.9. The summed E-state index contributed by atoms with van der Waals surface area (Å²) >= 11 is 0. The van der Waals surface area contributed by atoms with E-state index < -0.39 is 6.10 Å². The van der Waals surface area contributed by atoms with Crippen molar-refractivity contribution in [3.8, 4) is 0 Å². The van der Waals surface area contributed by atoms with Crippen LogP contribution >= 0.6 is 0 Å². The summed E-state index contributed by atoms with van der Waals surface area (Å²) in [6.07, 6.45) is 50.5. The zero-order valence-corrected chi connectivity index (χ0v) is 31.5. The third-order valence-electron chi connectivity index (χ3n) is 8.94. The molecule has 0 radical (unpaired) electrons. The highest BCUT2D eigenvalue weighted by Crippen LogP contribution is 2.13. The van der Waals surface area contributed by atoms with Crippen molar-refractivity contribution in [2.24, 2.45) is 0 Å². The van der Waals surface area contributed by atoms with Gasteiger partial charge in [0.1, 0.15) is 6.10 Å². The molecule has 1 atom stereocenters. The van der Waals surface area contributed by atoms with E-state index in [-0.39, 0.29) is 19.2 Å². The molecule has 1 N–H and O–H groups in total. The van der Waals surface area contributed by atoms with Gasteiger partial charge in [-0.15, -0.1) is 0 Å². The van der Waals surface area contributed by atoms with Crippen LogP contribution in [0.25, 0.3) is 0 Å². The topological polar surface area (TPSA) is 55.8 Å². The van der Waals surface area contributed by atoms with Crippen molar-refractivity contribution in [3.63, 3.8) is 0 Å². The van der Waals surface area contributed by atoms with Crippen LogP contribution in [0.3, 0.4) is 0 Å². The fraction of sp³-hybridized carbons (Fsp3) is 0.837. The molecule has 0 aliphatic heterocycles. The van der Waals surface area contributed by atoms with E-state index in [0.717, 1.165) is 25.7 Å². The van der Waals surface area contributed by atoms with Crippen LogP contribution in [0.1, 0.15) is 206 Å². The van der Waals surface area contributed by atoms with Crippen LogP contribution < -0.4 is 0 Å². The lowest BCUT2D eigenvalue weighted by molar-refractivity contribution is -0.154. The Bertz CT molecular complexity index is 698. The summed E-state index contributed by atoms with van der Waals surface area (Å²) in [5.41, 5.74) is 0. The van der Waals surface area contributed by atoms with E-state index in [1.54, 1.807) is 0 Å². The SMILES string of the molecule is CCCCC/C=C\C/C=C\CCCCCCCCOCC(CO)OC(=O)CCCCCCCCCCC/C=C\CCCCCCCC. The van der Waals surface area contributed by atoms with E-state index in [4.69, 9.17) is 9.47 Å². The molecule has 0 spiro atoms. The van der Waals surface area contributed by atoms with Gasteiger partial charge in [0.15, 0.2) is 0 Å². The Hall–Kier alpha value is -1.39. The maximum Gasteiger partial charge on any atom is 0.306 e. The van der Waals surface area contributed by atoms with Gasteiger partial charge in [-0.05, 0) is 70.6 Å². The quantitative estimate of drug-likeness (QED) is 0.0407. The average molecular weight is 661 g/mol. The highest BCUT2D eigenvalue weighted by atomic mass is 16.6. The van der Waals surface area contributed by atoms with Gasteiger partial charge in [-0.2, -0.15) is 0 Å². The van der Waals surface area contributed by atoms with E-state index in [9.17, 15) is 9.90 Å². The number of carbonyl (C=O) groups excluding carboxylic acids is 1. The zero-order chi connectivity index (χ0) is 34.1. The molecule has 276 valence electrons. The molecule has 0 aliphatic carbocycles. The minimum Gasteiger partial charge on any atom is -0.457 e. The van der Waals surface area contributed by atoms with E-state index in [0.29, 0.717) is 13.0 Å². The summed E-state index contributed by atoms with van der Waals surface area (Å²) in [5, 5.41) is 9.58. The lowest BCUT2D eigenvalue weighted by atomic mass is 10.1. The van der Waals surface area contributed by atoms with E-state index >= 15 is 0 Å². The van der Waals surface area contributed by atoms with Crippen LogP contribution in [-0.2, 0) is 14.3 Å². The molecule has 0 aromatic carbocycles. The first-order valence-corrected chi connectivity index (χ1v) is 20.6. The van der Waals surface area contributed by atoms with Gasteiger partial charge in [-0.3, -0.25) is 4.79 Å². The summed E-state index contributed by atoms with van der Waals surface area (Å²) in [6, 6.07) is 0. The molecule has 0 rings (SSSR count). The summed E-state index contributed by atoms with van der Waals surface area (Å²) in [6.45, 7) is 5.31. The number of allylic oxidation sites excluding steroid dienone is 6. The molecule has 4 nitrogen and oxygen atoms in total. The molecular weight excluding hydrogens is 580 g/mol. The Kier molecular flexibility index (Phi) is 39.6. The number of esters is 1. The minimum absolute atomic E-state index is 0.176. The molecule has 0 amide bonds. The fourth-order valence-corrected chi connectivity index (χ4v) is 5.82. The Morgan fingerprint density at radius 3 is 1.38 bits per heavy atom. The van der Waals surface area contributed by atoms with Crippen molar-refractivity contribution >= 4 is 5.97 Å². The van der Waals surface area contributed by atoms with Gasteiger partial charge in [-0.25, -0.2) is 0 Å². The van der Waals surface area contributed by atoms with Crippen molar-refractivity contribution in [3.05, 3.63) is 36.5 Å². The molecule has 0 saturated carbocycles. The van der Waals surface area contributed by atoms with Crippen molar-refractivity contribution < 1.29 is 19.4 Å². The van der Waals surface area contributed by atoms with Crippen molar-refractivity contribution in [1.82, 2.24) is 0 Å². The summed E-state index contributed by atoms with van der Waals surface area (Å²) in [4.78, 5) is 12.2. The Morgan fingerprint density at radius 1 is 0.511 bits per heavy atom. The van der Waals surface area contributed by atoms with Gasteiger partial charge in [0.05, 0.1) is 13.2 Å². The second-order valence-corrected chi connectivity index (χ2v) is 13.7. The number of carbonyl (C=O) groups is 1. The number of hydrogen-bond acceptors (Lipinski definition) is 4. The summed E-state index contributed by atoms with van der Waals surface area (Å²) in [5.74, 6) is -0.206. The van der Waals surface area contributed by atoms with Crippen LogP contribution in [0.5, 0.6) is 0 Å². The molecule has 1 unspecified atom stereocenters. The number of unbranched alkanes of at least 4 members (excludes halogenated alkanes) is 24. The second-order valence-electron chi connectivity index (χ2n) is 13.7. The number of aliphatic hydroxyl groups is 1. The van der Waals surface area contributed by atoms with Crippen LogP contribution in [0.4, 0.5) is 0 Å². The molecule has 47 heavy (non-hydrogen) atoms. The molecule has 0 heterocycles.